The first-order valence-corrected chi connectivity index (χ1v) is 12.4. The smallest absolute Gasteiger partial charge is 0.438 e. The van der Waals surface area contributed by atoms with Crippen molar-refractivity contribution < 1.29 is 14.3 Å². The van der Waals surface area contributed by atoms with Crippen molar-refractivity contribution in [2.24, 2.45) is 17.3 Å². The van der Waals surface area contributed by atoms with Gasteiger partial charge in [0.2, 0.25) is 0 Å². The van der Waals surface area contributed by atoms with Crippen molar-refractivity contribution in [3.63, 3.8) is 0 Å². The molecule has 3 nitrogen and oxygen atoms in total. The number of ether oxygens (including phenoxy) is 2. The maximum Gasteiger partial charge on any atom is 0.508 e. The zero-order valence-corrected chi connectivity index (χ0v) is 20.7. The molecular weight excluding hydrogens is 396 g/mol. The van der Waals surface area contributed by atoms with Gasteiger partial charge < -0.3 is 9.47 Å². The summed E-state index contributed by atoms with van der Waals surface area (Å²) < 4.78 is 9.96. The Morgan fingerprint density at radius 3 is 2.62 bits per heavy atom. The van der Waals surface area contributed by atoms with Crippen molar-refractivity contribution in [2.75, 3.05) is 7.11 Å². The lowest BCUT2D eigenvalue weighted by molar-refractivity contribution is -0.00501. The van der Waals surface area contributed by atoms with Gasteiger partial charge in [-0.15, -0.1) is 0 Å². The minimum Gasteiger partial charge on any atom is -0.438 e. The maximum absolute atomic E-state index is 11.4. The summed E-state index contributed by atoms with van der Waals surface area (Å²) in [6.45, 7) is 15.0. The van der Waals surface area contributed by atoms with Crippen LogP contribution >= 0.6 is 0 Å². The maximum atomic E-state index is 11.4. The summed E-state index contributed by atoms with van der Waals surface area (Å²) in [6, 6.07) is 0. The second kappa shape index (κ2) is 10.3. The van der Waals surface area contributed by atoms with E-state index in [-0.39, 0.29) is 5.41 Å². The van der Waals surface area contributed by atoms with E-state index in [1.165, 1.54) is 75.2 Å². The molecule has 0 saturated heterocycles. The molecule has 3 atom stereocenters. The average Bonchev–Trinajstić information content (AvgIpc) is 3.10. The Bertz CT molecular complexity index is 825. The molecular formula is C29H42O3. The minimum absolute atomic E-state index is 0.283. The van der Waals surface area contributed by atoms with Gasteiger partial charge in [-0.1, -0.05) is 61.1 Å². The minimum atomic E-state index is -0.637. The molecule has 0 heterocycles. The van der Waals surface area contributed by atoms with Crippen LogP contribution in [0, 0.1) is 17.3 Å². The van der Waals surface area contributed by atoms with Gasteiger partial charge in [0.25, 0.3) is 0 Å². The van der Waals surface area contributed by atoms with Crippen LogP contribution in [0.1, 0.15) is 85.0 Å². The largest absolute Gasteiger partial charge is 0.508 e. The Hall–Kier alpha value is -2.03. The molecule has 0 amide bonds. The van der Waals surface area contributed by atoms with Crippen LogP contribution in [0.25, 0.3) is 0 Å². The van der Waals surface area contributed by atoms with E-state index in [9.17, 15) is 4.79 Å². The van der Waals surface area contributed by atoms with Gasteiger partial charge in [0.1, 0.15) is 5.60 Å². The molecule has 3 rings (SSSR count). The monoisotopic (exact) mass is 438 g/mol. The molecule has 0 aromatic heterocycles. The highest BCUT2D eigenvalue weighted by Gasteiger charge is 2.49. The number of fused-ring (bicyclic) bond motifs is 1. The van der Waals surface area contributed by atoms with Crippen LogP contribution < -0.4 is 0 Å². The topological polar surface area (TPSA) is 35.5 Å². The van der Waals surface area contributed by atoms with Crippen LogP contribution in [0.15, 0.2) is 59.8 Å². The fourth-order valence-electron chi connectivity index (χ4n) is 6.17. The molecule has 0 bridgehead atoms. The van der Waals surface area contributed by atoms with E-state index >= 15 is 0 Å². The summed E-state index contributed by atoms with van der Waals surface area (Å²) in [5, 5.41) is 0. The van der Waals surface area contributed by atoms with Gasteiger partial charge in [-0.05, 0) is 94.5 Å². The van der Waals surface area contributed by atoms with Crippen molar-refractivity contribution in [3.05, 3.63) is 59.8 Å². The zero-order chi connectivity index (χ0) is 23.4. The number of carbonyl (C=O) groups excluding carboxylic acids is 1. The van der Waals surface area contributed by atoms with Gasteiger partial charge in [0, 0.05) is 6.42 Å². The van der Waals surface area contributed by atoms with E-state index in [1.54, 1.807) is 5.57 Å². The van der Waals surface area contributed by atoms with E-state index in [0.29, 0.717) is 18.3 Å². The Balaban J connectivity index is 1.67. The molecule has 0 aromatic rings. The van der Waals surface area contributed by atoms with Crippen LogP contribution in [-0.2, 0) is 9.47 Å². The standard InChI is InChI=1S/C29H42O3/c1-21-11-7-8-13-23(21)15-16-24-14-10-20-29(5)25(17-18-26(24)29)22(2)12-9-19-28(3,4)32-27(30)31-6/h9,12,15-16,25-26H,1-2,7-8,10-11,13-14,17-20H2,3-6H3/t25-,26+,29-/m1/s1. The average molecular weight is 439 g/mol. The lowest BCUT2D eigenvalue weighted by atomic mass is 9.62. The first-order valence-electron chi connectivity index (χ1n) is 12.4. The molecule has 176 valence electrons. The fourth-order valence-corrected chi connectivity index (χ4v) is 6.17. The van der Waals surface area contributed by atoms with Gasteiger partial charge in [0.05, 0.1) is 7.11 Å². The SMILES string of the molecule is C=C1CCCCC1=CC=C1CCC[C@]2(C)[C@@H](C(=C)C=CCC(C)(C)OC(=O)OC)CC[C@@H]12. The number of allylic oxidation sites excluding steroid dienone is 7. The molecule has 0 spiro atoms. The van der Waals surface area contributed by atoms with E-state index in [1.807, 2.05) is 13.8 Å². The molecule has 3 saturated carbocycles. The second-order valence-corrected chi connectivity index (χ2v) is 10.8. The molecule has 0 unspecified atom stereocenters. The van der Waals surface area contributed by atoms with E-state index in [2.05, 4.69) is 49.1 Å². The van der Waals surface area contributed by atoms with E-state index in [0.717, 1.165) is 6.42 Å². The van der Waals surface area contributed by atoms with Crippen molar-refractivity contribution in [1.82, 2.24) is 0 Å². The number of hydrogen-bond donors (Lipinski definition) is 0. The number of rotatable bonds is 6. The lowest BCUT2D eigenvalue weighted by Crippen LogP contribution is -2.33. The van der Waals surface area contributed by atoms with Crippen molar-refractivity contribution in [2.45, 2.75) is 90.6 Å². The van der Waals surface area contributed by atoms with Crippen LogP contribution in [0.3, 0.4) is 0 Å². The van der Waals surface area contributed by atoms with Crippen molar-refractivity contribution in [3.8, 4) is 0 Å². The normalized spacial score (nSPS) is 31.2. The summed E-state index contributed by atoms with van der Waals surface area (Å²) in [7, 11) is 1.34. The molecule has 0 aromatic carbocycles. The Morgan fingerprint density at radius 1 is 1.16 bits per heavy atom. The summed E-state index contributed by atoms with van der Waals surface area (Å²) in [5.41, 5.74) is 5.35. The number of methoxy groups -OCH3 is 1. The lowest BCUT2D eigenvalue weighted by Gasteiger charge is -2.42. The highest BCUT2D eigenvalue weighted by molar-refractivity contribution is 5.60. The van der Waals surface area contributed by atoms with Crippen molar-refractivity contribution in [1.29, 1.82) is 0 Å². The third kappa shape index (κ3) is 5.66. The predicted molar refractivity (Wildman–Crippen MR) is 132 cm³/mol. The van der Waals surface area contributed by atoms with E-state index < -0.39 is 11.8 Å². The molecule has 3 aliphatic rings. The summed E-state index contributed by atoms with van der Waals surface area (Å²) in [4.78, 5) is 11.4. The van der Waals surface area contributed by atoms with Crippen LogP contribution in [0.2, 0.25) is 0 Å². The van der Waals surface area contributed by atoms with Gasteiger partial charge in [-0.25, -0.2) is 4.79 Å². The summed E-state index contributed by atoms with van der Waals surface area (Å²) in [5.74, 6) is 1.16. The Morgan fingerprint density at radius 2 is 1.91 bits per heavy atom. The quantitative estimate of drug-likeness (QED) is 0.309. The molecule has 0 N–H and O–H groups in total. The summed E-state index contributed by atoms with van der Waals surface area (Å²) in [6.07, 6.45) is 20.2. The molecule has 3 fully saturated rings. The third-order valence-electron chi connectivity index (χ3n) is 8.01. The number of carbonyl (C=O) groups is 1. The van der Waals surface area contributed by atoms with Crippen LogP contribution in [0.5, 0.6) is 0 Å². The van der Waals surface area contributed by atoms with Gasteiger partial charge in [-0.2, -0.15) is 0 Å². The molecule has 0 aliphatic heterocycles. The first kappa shape index (κ1) is 24.6. The number of hydrogen-bond acceptors (Lipinski definition) is 3. The van der Waals surface area contributed by atoms with Gasteiger partial charge in [0.15, 0.2) is 0 Å². The van der Waals surface area contributed by atoms with Gasteiger partial charge in [-0.3, -0.25) is 0 Å². The second-order valence-electron chi connectivity index (χ2n) is 10.8. The molecule has 0 radical (unpaired) electrons. The Kier molecular flexibility index (Phi) is 7.90. The van der Waals surface area contributed by atoms with Crippen LogP contribution in [0.4, 0.5) is 4.79 Å². The fraction of sp³-hybridized carbons (Fsp3) is 0.621. The Labute approximate surface area is 195 Å². The highest BCUT2D eigenvalue weighted by Crippen LogP contribution is 2.59. The van der Waals surface area contributed by atoms with Gasteiger partial charge >= 0.3 is 6.16 Å². The van der Waals surface area contributed by atoms with E-state index in [4.69, 9.17) is 4.74 Å². The molecule has 32 heavy (non-hydrogen) atoms. The zero-order valence-electron chi connectivity index (χ0n) is 20.7. The van der Waals surface area contributed by atoms with Crippen molar-refractivity contribution >= 4 is 6.16 Å². The molecule has 3 heteroatoms. The molecule has 3 aliphatic carbocycles. The third-order valence-corrected chi connectivity index (χ3v) is 8.01. The predicted octanol–water partition coefficient (Wildman–Crippen LogP) is 8.25. The highest BCUT2D eigenvalue weighted by atomic mass is 16.7. The summed E-state index contributed by atoms with van der Waals surface area (Å²) >= 11 is 0. The first-order chi connectivity index (χ1) is 15.2. The van der Waals surface area contributed by atoms with Crippen LogP contribution in [-0.4, -0.2) is 18.9 Å².